The van der Waals surface area contributed by atoms with Gasteiger partial charge in [0.25, 0.3) is 0 Å². The fraction of sp³-hybridized carbons (Fsp3) is 0.357. The van der Waals surface area contributed by atoms with E-state index in [9.17, 15) is 0 Å². The van der Waals surface area contributed by atoms with E-state index >= 15 is 0 Å². The van der Waals surface area contributed by atoms with Gasteiger partial charge in [-0.1, -0.05) is 18.1 Å². The van der Waals surface area contributed by atoms with Crippen LogP contribution in [0.25, 0.3) is 0 Å². The molecule has 3 nitrogen and oxygen atoms in total. The van der Waals surface area contributed by atoms with E-state index in [-0.39, 0.29) is 5.75 Å². The summed E-state index contributed by atoms with van der Waals surface area (Å²) in [6.07, 6.45) is 6.61. The molecule has 88 valence electrons. The molecule has 0 amide bonds. The highest BCUT2D eigenvalue weighted by Gasteiger charge is 2.21. The molecule has 0 saturated carbocycles. The Hall–Kier alpha value is -1.97. The number of phenolic OH excluding ortho intramolecular Hbond substituents is 1. The minimum atomic E-state index is -0.607. The summed E-state index contributed by atoms with van der Waals surface area (Å²) in [7, 11) is 0. The summed E-state index contributed by atoms with van der Waals surface area (Å²) in [5.74, 6) is 2.72. The maximum atomic E-state index is 9.16. The van der Waals surface area contributed by atoms with Crippen LogP contribution in [-0.4, -0.2) is 17.2 Å². The lowest BCUT2D eigenvalue weighted by Crippen LogP contribution is -2.41. The first-order chi connectivity index (χ1) is 8.09. The van der Waals surface area contributed by atoms with Crippen LogP contribution in [0.4, 0.5) is 0 Å². The van der Waals surface area contributed by atoms with Crippen LogP contribution >= 0.6 is 0 Å². The molecule has 1 rings (SSSR count). The maximum Gasteiger partial charge on any atom is 0.115 e. The van der Waals surface area contributed by atoms with Crippen LogP contribution in [0.15, 0.2) is 24.3 Å². The van der Waals surface area contributed by atoms with Crippen LogP contribution in [0, 0.1) is 23.7 Å². The second-order valence-corrected chi connectivity index (χ2v) is 4.17. The van der Waals surface area contributed by atoms with Gasteiger partial charge < -0.3 is 5.11 Å². The van der Waals surface area contributed by atoms with Crippen LogP contribution in [0.3, 0.4) is 0 Å². The molecule has 0 fully saturated rings. The number of phenols is 1. The minimum Gasteiger partial charge on any atom is -0.508 e. The van der Waals surface area contributed by atoms with E-state index in [1.54, 1.807) is 12.1 Å². The van der Waals surface area contributed by atoms with Gasteiger partial charge in [-0.2, -0.15) is 5.26 Å². The molecule has 0 aromatic heterocycles. The number of rotatable bonds is 5. The summed E-state index contributed by atoms with van der Waals surface area (Å²) in [6.45, 7) is 2.23. The van der Waals surface area contributed by atoms with Crippen molar-refractivity contribution >= 4 is 0 Å². The summed E-state index contributed by atoms with van der Waals surface area (Å²) in [6, 6.07) is 9.24. The van der Waals surface area contributed by atoms with E-state index < -0.39 is 5.54 Å². The van der Waals surface area contributed by atoms with Crippen molar-refractivity contribution in [1.29, 1.82) is 5.26 Å². The predicted octanol–water partition coefficient (Wildman–Crippen LogP) is 1.83. The number of terminal acetylenes is 1. The first-order valence-corrected chi connectivity index (χ1v) is 5.47. The van der Waals surface area contributed by atoms with Crippen molar-refractivity contribution in [2.45, 2.75) is 25.3 Å². The van der Waals surface area contributed by atoms with Crippen LogP contribution in [0.1, 0.15) is 18.9 Å². The van der Waals surface area contributed by atoms with E-state index in [2.05, 4.69) is 17.3 Å². The van der Waals surface area contributed by atoms with Gasteiger partial charge in [0.15, 0.2) is 0 Å². The van der Waals surface area contributed by atoms with Crippen LogP contribution in [0.2, 0.25) is 0 Å². The van der Waals surface area contributed by atoms with E-state index in [4.69, 9.17) is 16.8 Å². The van der Waals surface area contributed by atoms with Crippen molar-refractivity contribution in [3.05, 3.63) is 29.8 Å². The van der Waals surface area contributed by atoms with Crippen molar-refractivity contribution in [3.63, 3.8) is 0 Å². The fourth-order valence-corrected chi connectivity index (χ4v) is 1.49. The standard InChI is InChI=1S/C14H16N2O/c1-3-10-16-14(2,11-15)9-8-12-4-6-13(17)7-5-12/h1,4-7,16-17H,8-10H2,2H3. The molecule has 0 radical (unpaired) electrons. The number of hydrogen-bond donors (Lipinski definition) is 2. The van der Waals surface area contributed by atoms with Gasteiger partial charge in [0, 0.05) is 0 Å². The first kappa shape index (κ1) is 13.1. The summed E-state index contributed by atoms with van der Waals surface area (Å²) in [5.41, 5.74) is 0.483. The third-order valence-corrected chi connectivity index (χ3v) is 2.68. The minimum absolute atomic E-state index is 0.252. The van der Waals surface area contributed by atoms with E-state index in [0.29, 0.717) is 13.0 Å². The quantitative estimate of drug-likeness (QED) is 0.756. The molecular weight excluding hydrogens is 212 g/mol. The lowest BCUT2D eigenvalue weighted by Gasteiger charge is -2.21. The van der Waals surface area contributed by atoms with Gasteiger partial charge in [0.1, 0.15) is 11.3 Å². The van der Waals surface area contributed by atoms with Gasteiger partial charge in [-0.25, -0.2) is 0 Å². The Bertz CT molecular complexity index is 439. The average molecular weight is 228 g/mol. The molecule has 0 aliphatic heterocycles. The SMILES string of the molecule is C#CCNC(C)(C#N)CCc1ccc(O)cc1. The largest absolute Gasteiger partial charge is 0.508 e. The molecule has 0 aliphatic rings. The lowest BCUT2D eigenvalue weighted by molar-refractivity contribution is 0.440. The highest BCUT2D eigenvalue weighted by Crippen LogP contribution is 2.15. The number of aromatic hydroxyl groups is 1. The highest BCUT2D eigenvalue weighted by molar-refractivity contribution is 5.26. The van der Waals surface area contributed by atoms with Gasteiger partial charge in [-0.3, -0.25) is 5.32 Å². The number of hydrogen-bond acceptors (Lipinski definition) is 3. The van der Waals surface area contributed by atoms with Gasteiger partial charge in [-0.15, -0.1) is 6.42 Å². The third kappa shape index (κ3) is 4.18. The summed E-state index contributed by atoms with van der Waals surface area (Å²) >= 11 is 0. The zero-order valence-electron chi connectivity index (χ0n) is 9.90. The Morgan fingerprint density at radius 2 is 2.06 bits per heavy atom. The Balaban J connectivity index is 2.56. The predicted molar refractivity (Wildman–Crippen MR) is 67.3 cm³/mol. The number of nitrogens with one attached hydrogen (secondary N) is 1. The van der Waals surface area contributed by atoms with Gasteiger partial charge in [0.2, 0.25) is 0 Å². The smallest absolute Gasteiger partial charge is 0.115 e. The van der Waals surface area contributed by atoms with E-state index in [1.807, 2.05) is 19.1 Å². The van der Waals surface area contributed by atoms with Crippen LogP contribution < -0.4 is 5.32 Å². The average Bonchev–Trinajstić information content (AvgIpc) is 2.36. The van der Waals surface area contributed by atoms with Crippen molar-refractivity contribution < 1.29 is 5.11 Å². The normalized spacial score (nSPS) is 13.4. The second-order valence-electron chi connectivity index (χ2n) is 4.17. The van der Waals surface area contributed by atoms with Gasteiger partial charge in [0.05, 0.1) is 12.6 Å². The molecular formula is C14H16N2O. The molecule has 1 atom stereocenters. The third-order valence-electron chi connectivity index (χ3n) is 2.68. The van der Waals surface area contributed by atoms with Crippen LogP contribution in [-0.2, 0) is 6.42 Å². The second kappa shape index (κ2) is 5.94. The Morgan fingerprint density at radius 1 is 1.41 bits per heavy atom. The van der Waals surface area contributed by atoms with E-state index in [0.717, 1.165) is 12.0 Å². The first-order valence-electron chi connectivity index (χ1n) is 5.47. The zero-order valence-corrected chi connectivity index (χ0v) is 9.90. The van der Waals surface area contributed by atoms with Gasteiger partial charge >= 0.3 is 0 Å². The Kier molecular flexibility index (Phi) is 4.57. The van der Waals surface area contributed by atoms with Crippen molar-refractivity contribution in [3.8, 4) is 24.2 Å². The number of aryl methyl sites for hydroxylation is 1. The fourth-order valence-electron chi connectivity index (χ4n) is 1.49. The van der Waals surface area contributed by atoms with E-state index in [1.165, 1.54) is 0 Å². The molecule has 1 aromatic carbocycles. The zero-order chi connectivity index (χ0) is 12.7. The van der Waals surface area contributed by atoms with Gasteiger partial charge in [-0.05, 0) is 37.5 Å². The van der Waals surface area contributed by atoms with Crippen LogP contribution in [0.5, 0.6) is 5.75 Å². The number of benzene rings is 1. The molecule has 0 aliphatic carbocycles. The molecule has 0 saturated heterocycles. The van der Waals surface area contributed by atoms with Crippen molar-refractivity contribution in [2.24, 2.45) is 0 Å². The molecule has 3 heteroatoms. The molecule has 0 heterocycles. The molecule has 1 aromatic rings. The maximum absolute atomic E-state index is 9.16. The Labute approximate surface area is 102 Å². The molecule has 17 heavy (non-hydrogen) atoms. The Morgan fingerprint density at radius 3 is 2.59 bits per heavy atom. The molecule has 0 bridgehead atoms. The van der Waals surface area contributed by atoms with Crippen molar-refractivity contribution in [2.75, 3.05) is 6.54 Å². The summed E-state index contributed by atoms with van der Waals surface area (Å²) in [5, 5.41) is 21.3. The topological polar surface area (TPSA) is 56.0 Å². The molecule has 1 unspecified atom stereocenters. The van der Waals surface area contributed by atoms with Crippen molar-refractivity contribution in [1.82, 2.24) is 5.32 Å². The lowest BCUT2D eigenvalue weighted by atomic mass is 9.94. The monoisotopic (exact) mass is 228 g/mol. The summed E-state index contributed by atoms with van der Waals surface area (Å²) in [4.78, 5) is 0. The molecule has 2 N–H and O–H groups in total. The molecule has 0 spiro atoms. The number of nitriles is 1. The number of nitrogens with zero attached hydrogens (tertiary/aromatic N) is 1. The summed E-state index contributed by atoms with van der Waals surface area (Å²) < 4.78 is 0. The highest BCUT2D eigenvalue weighted by atomic mass is 16.3.